The van der Waals surface area contributed by atoms with Gasteiger partial charge >= 0.3 is 0 Å². The molecule has 1 atom stereocenters. The van der Waals surface area contributed by atoms with Crippen LogP contribution in [0.2, 0.25) is 25.7 Å². The predicted octanol–water partition coefficient (Wildman–Crippen LogP) is 3.75. The molecule has 1 fully saturated rings. The number of fused-ring (bicyclic) bond motifs is 3. The van der Waals surface area contributed by atoms with Crippen LogP contribution in [-0.4, -0.2) is 52.3 Å². The first-order valence-electron chi connectivity index (χ1n) is 11.4. The largest absolute Gasteiger partial charge is 0.368 e. The summed E-state index contributed by atoms with van der Waals surface area (Å²) in [4.78, 5) is 21.2. The number of aliphatic hydroxyl groups excluding tert-OH is 1. The molecule has 3 heterocycles. The van der Waals surface area contributed by atoms with Gasteiger partial charge in [0.1, 0.15) is 12.4 Å². The van der Waals surface area contributed by atoms with E-state index in [1.165, 1.54) is 0 Å². The van der Waals surface area contributed by atoms with Gasteiger partial charge in [-0.25, -0.2) is 4.98 Å². The fourth-order valence-electron chi connectivity index (χ4n) is 4.58. The zero-order chi connectivity index (χ0) is 22.9. The maximum atomic E-state index is 12.5. The van der Waals surface area contributed by atoms with Crippen LogP contribution in [0.5, 0.6) is 0 Å². The monoisotopic (exact) mass is 458 g/mol. The van der Waals surface area contributed by atoms with Crippen LogP contribution < -0.4 is 5.56 Å². The van der Waals surface area contributed by atoms with Gasteiger partial charge in [0.2, 0.25) is 0 Å². The molecule has 4 rings (SSSR count). The molecule has 1 aliphatic rings. The van der Waals surface area contributed by atoms with Crippen LogP contribution in [0.1, 0.15) is 31.7 Å². The van der Waals surface area contributed by atoms with Gasteiger partial charge in [-0.05, 0) is 37.8 Å². The Kier molecular flexibility index (Phi) is 6.80. The Hall–Kier alpha value is -2.07. The summed E-state index contributed by atoms with van der Waals surface area (Å²) in [5.41, 5.74) is 1.44. The zero-order valence-corrected chi connectivity index (χ0v) is 20.5. The normalized spacial score (nSPS) is 20.8. The minimum Gasteiger partial charge on any atom is -0.368 e. The van der Waals surface area contributed by atoms with Crippen molar-refractivity contribution in [3.63, 3.8) is 0 Å². The molecule has 0 spiro atoms. The van der Waals surface area contributed by atoms with Crippen molar-refractivity contribution in [1.29, 1.82) is 0 Å². The van der Waals surface area contributed by atoms with Crippen LogP contribution in [0.15, 0.2) is 29.6 Å². The summed E-state index contributed by atoms with van der Waals surface area (Å²) in [6.45, 7) is 8.21. The standard InChI is InChI=1S/C23H34N4O4Si/c1-30-23(29)16-5-7-17(8-6-16)27-14-25-22(28)19-13-24-21-18(20(19)27)9-10-26(21)15-31-11-12-32(2,3)4/h9-10,13-14,16-17,23,29H,5-8,11-12,15H2,1-4H3/t16-,17-,23?. The molecular weight excluding hydrogens is 424 g/mol. The van der Waals surface area contributed by atoms with Crippen molar-refractivity contribution in [3.8, 4) is 0 Å². The van der Waals surface area contributed by atoms with Crippen LogP contribution in [0.4, 0.5) is 0 Å². The van der Waals surface area contributed by atoms with Gasteiger partial charge in [0.15, 0.2) is 6.29 Å². The third kappa shape index (κ3) is 4.80. The Morgan fingerprint density at radius 1 is 1.19 bits per heavy atom. The molecule has 8 nitrogen and oxygen atoms in total. The minimum atomic E-state index is -1.14. The fraction of sp³-hybridized carbons (Fsp3) is 0.609. The molecule has 3 aromatic rings. The summed E-state index contributed by atoms with van der Waals surface area (Å²) in [5, 5.41) is 11.5. The molecule has 32 heavy (non-hydrogen) atoms. The molecule has 0 radical (unpaired) electrons. The highest BCUT2D eigenvalue weighted by atomic mass is 28.3. The number of hydrogen-bond donors (Lipinski definition) is 1. The topological polar surface area (TPSA) is 91.4 Å². The Morgan fingerprint density at radius 2 is 1.94 bits per heavy atom. The maximum absolute atomic E-state index is 12.5. The van der Waals surface area contributed by atoms with E-state index < -0.39 is 14.4 Å². The summed E-state index contributed by atoms with van der Waals surface area (Å²) < 4.78 is 15.2. The van der Waals surface area contributed by atoms with Gasteiger partial charge in [-0.15, -0.1) is 0 Å². The van der Waals surface area contributed by atoms with Gasteiger partial charge in [0, 0.05) is 51.5 Å². The lowest BCUT2D eigenvalue weighted by molar-refractivity contribution is -0.122. The van der Waals surface area contributed by atoms with Gasteiger partial charge in [-0.3, -0.25) is 4.79 Å². The van der Waals surface area contributed by atoms with E-state index in [0.29, 0.717) is 12.1 Å². The van der Waals surface area contributed by atoms with Crippen molar-refractivity contribution in [3.05, 3.63) is 35.1 Å². The Labute approximate surface area is 189 Å². The van der Waals surface area contributed by atoms with E-state index in [1.807, 2.05) is 16.8 Å². The molecule has 0 amide bonds. The average molecular weight is 459 g/mol. The molecule has 0 saturated heterocycles. The van der Waals surface area contributed by atoms with Crippen LogP contribution >= 0.6 is 0 Å². The summed E-state index contributed by atoms with van der Waals surface area (Å²) in [7, 11) is 0.405. The van der Waals surface area contributed by atoms with Crippen molar-refractivity contribution >= 4 is 30.0 Å². The fourth-order valence-corrected chi connectivity index (χ4v) is 5.34. The number of nitrogens with zero attached hydrogens (tertiary/aromatic N) is 4. The molecule has 1 saturated carbocycles. The lowest BCUT2D eigenvalue weighted by atomic mass is 9.85. The van der Waals surface area contributed by atoms with Gasteiger partial charge in [0.25, 0.3) is 5.56 Å². The smallest absolute Gasteiger partial charge is 0.282 e. The molecule has 3 aromatic heterocycles. The molecule has 1 N–H and O–H groups in total. The molecular formula is C23H34N4O4Si. The second-order valence-corrected chi connectivity index (χ2v) is 15.7. The predicted molar refractivity (Wildman–Crippen MR) is 127 cm³/mol. The molecule has 1 aliphatic carbocycles. The SMILES string of the molecule is COC(O)[C@H]1CC[C@H](n2cnc(=O)c3cnc4c(ccn4COCC[Si](C)(C)C)c32)CC1. The summed E-state index contributed by atoms with van der Waals surface area (Å²) in [6.07, 6.45) is 8.11. The van der Waals surface area contributed by atoms with Crippen molar-refractivity contribution in [2.45, 2.75) is 70.4 Å². The van der Waals surface area contributed by atoms with Crippen molar-refractivity contribution in [2.75, 3.05) is 13.7 Å². The van der Waals surface area contributed by atoms with E-state index in [2.05, 4.69) is 34.2 Å². The van der Waals surface area contributed by atoms with Gasteiger partial charge in [0.05, 0.1) is 17.2 Å². The maximum Gasteiger partial charge on any atom is 0.282 e. The molecule has 174 valence electrons. The Morgan fingerprint density at radius 3 is 2.62 bits per heavy atom. The third-order valence-corrected chi connectivity index (χ3v) is 8.26. The first-order chi connectivity index (χ1) is 15.3. The van der Waals surface area contributed by atoms with Crippen LogP contribution in [0.25, 0.3) is 21.9 Å². The molecule has 0 bridgehead atoms. The summed E-state index contributed by atoms with van der Waals surface area (Å²) in [6, 6.07) is 3.35. The van der Waals surface area contributed by atoms with Crippen molar-refractivity contribution < 1.29 is 14.6 Å². The Bertz CT molecular complexity index is 1130. The lowest BCUT2D eigenvalue weighted by Gasteiger charge is -2.32. The number of aromatic nitrogens is 4. The number of rotatable bonds is 8. The van der Waals surface area contributed by atoms with Crippen LogP contribution in [-0.2, 0) is 16.2 Å². The zero-order valence-electron chi connectivity index (χ0n) is 19.5. The quantitative estimate of drug-likeness (QED) is 0.314. The van der Waals surface area contributed by atoms with Crippen LogP contribution in [0, 0.1) is 5.92 Å². The molecule has 0 aliphatic heterocycles. The minimum absolute atomic E-state index is 0.144. The second kappa shape index (κ2) is 9.42. The van der Waals surface area contributed by atoms with E-state index in [9.17, 15) is 9.90 Å². The van der Waals surface area contributed by atoms with Gasteiger partial charge < -0.3 is 23.7 Å². The summed E-state index contributed by atoms with van der Waals surface area (Å²) >= 11 is 0. The van der Waals surface area contributed by atoms with E-state index >= 15 is 0 Å². The number of pyridine rings is 1. The second-order valence-electron chi connectivity index (χ2n) is 10.0. The summed E-state index contributed by atoms with van der Waals surface area (Å²) in [5.74, 6) is 0.144. The highest BCUT2D eigenvalue weighted by Gasteiger charge is 2.28. The van der Waals surface area contributed by atoms with Gasteiger partial charge in [-0.2, -0.15) is 4.98 Å². The highest BCUT2D eigenvalue weighted by molar-refractivity contribution is 6.76. The van der Waals surface area contributed by atoms with Crippen LogP contribution in [0.3, 0.4) is 0 Å². The Balaban J connectivity index is 1.63. The number of methoxy groups -OCH3 is 1. The van der Waals surface area contributed by atoms with Crippen molar-refractivity contribution in [2.24, 2.45) is 5.92 Å². The highest BCUT2D eigenvalue weighted by Crippen LogP contribution is 2.36. The third-order valence-electron chi connectivity index (χ3n) is 6.55. The van der Waals surface area contributed by atoms with Crippen molar-refractivity contribution in [1.82, 2.24) is 19.1 Å². The van der Waals surface area contributed by atoms with E-state index in [4.69, 9.17) is 9.47 Å². The van der Waals surface area contributed by atoms with E-state index in [-0.39, 0.29) is 17.5 Å². The number of ether oxygens (including phenoxy) is 2. The van der Waals surface area contributed by atoms with Gasteiger partial charge in [-0.1, -0.05) is 19.6 Å². The molecule has 0 aromatic carbocycles. The van der Waals surface area contributed by atoms with E-state index in [1.54, 1.807) is 19.6 Å². The molecule has 9 heteroatoms. The molecule has 1 unspecified atom stereocenters. The lowest BCUT2D eigenvalue weighted by Crippen LogP contribution is -2.28. The number of hydrogen-bond acceptors (Lipinski definition) is 6. The average Bonchev–Trinajstić information content (AvgIpc) is 3.19. The first kappa shape index (κ1) is 23.1. The van der Waals surface area contributed by atoms with E-state index in [0.717, 1.165) is 54.9 Å². The first-order valence-corrected chi connectivity index (χ1v) is 15.1. The number of aliphatic hydroxyl groups is 1.